The maximum Gasteiger partial charge on any atom is 0.289 e. The summed E-state index contributed by atoms with van der Waals surface area (Å²) >= 11 is 1.68. The predicted octanol–water partition coefficient (Wildman–Crippen LogP) is 3.92. The molecule has 24 heavy (non-hydrogen) atoms. The molecule has 3 rings (SSSR count). The highest BCUT2D eigenvalue weighted by Gasteiger charge is 2.38. The molecule has 0 spiro atoms. The SMILES string of the molecule is COC1(c2ccccc2)CCN(C(=O)c2ccc(CSC)o2)CC1. The highest BCUT2D eigenvalue weighted by molar-refractivity contribution is 7.97. The van der Waals surface area contributed by atoms with Crippen molar-refractivity contribution in [1.82, 2.24) is 4.90 Å². The van der Waals surface area contributed by atoms with E-state index in [9.17, 15) is 4.79 Å². The van der Waals surface area contributed by atoms with Crippen molar-refractivity contribution in [2.75, 3.05) is 26.5 Å². The molecule has 1 aliphatic rings. The average Bonchev–Trinajstić information content (AvgIpc) is 3.11. The Hall–Kier alpha value is -1.72. The normalized spacial score (nSPS) is 17.0. The van der Waals surface area contributed by atoms with Crippen molar-refractivity contribution in [2.45, 2.75) is 24.2 Å². The number of nitrogens with zero attached hydrogens (tertiary/aromatic N) is 1. The molecule has 1 aromatic carbocycles. The molecular formula is C19H23NO3S. The Morgan fingerprint density at radius 2 is 1.92 bits per heavy atom. The number of carbonyl (C=O) groups is 1. The Balaban J connectivity index is 1.68. The summed E-state index contributed by atoms with van der Waals surface area (Å²) in [5.74, 6) is 2.04. The van der Waals surface area contributed by atoms with E-state index in [1.54, 1.807) is 24.9 Å². The van der Waals surface area contributed by atoms with Gasteiger partial charge in [-0.3, -0.25) is 4.79 Å². The second kappa shape index (κ2) is 7.45. The summed E-state index contributed by atoms with van der Waals surface area (Å²) in [4.78, 5) is 14.5. The third-order valence-corrected chi connectivity index (χ3v) is 5.28. The van der Waals surface area contributed by atoms with E-state index in [1.807, 2.05) is 35.4 Å². The lowest BCUT2D eigenvalue weighted by atomic mass is 9.84. The first-order valence-electron chi connectivity index (χ1n) is 8.16. The van der Waals surface area contributed by atoms with Crippen LogP contribution in [0.5, 0.6) is 0 Å². The maximum absolute atomic E-state index is 12.6. The predicted molar refractivity (Wildman–Crippen MR) is 96.2 cm³/mol. The molecule has 1 saturated heterocycles. The third kappa shape index (κ3) is 3.37. The zero-order valence-electron chi connectivity index (χ0n) is 14.2. The summed E-state index contributed by atoms with van der Waals surface area (Å²) in [6.45, 7) is 1.33. The second-order valence-electron chi connectivity index (χ2n) is 6.06. The van der Waals surface area contributed by atoms with Crippen LogP contribution >= 0.6 is 11.8 Å². The molecule has 2 aromatic rings. The van der Waals surface area contributed by atoms with Gasteiger partial charge >= 0.3 is 0 Å². The highest BCUT2D eigenvalue weighted by Crippen LogP contribution is 2.36. The number of piperidine rings is 1. The largest absolute Gasteiger partial charge is 0.455 e. The fourth-order valence-corrected chi connectivity index (χ4v) is 3.73. The Bertz CT molecular complexity index is 675. The van der Waals surface area contributed by atoms with Crippen LogP contribution in [0.1, 0.15) is 34.7 Å². The smallest absolute Gasteiger partial charge is 0.289 e. The first-order valence-corrected chi connectivity index (χ1v) is 9.55. The molecule has 128 valence electrons. The quantitative estimate of drug-likeness (QED) is 0.824. The standard InChI is InChI=1S/C19H23NO3S/c1-22-19(15-6-4-3-5-7-15)10-12-20(13-11-19)18(21)17-9-8-16(23-17)14-24-2/h3-9H,10-14H2,1-2H3. The molecule has 0 aliphatic carbocycles. The van der Waals surface area contributed by atoms with Gasteiger partial charge in [-0.05, 0) is 36.8 Å². The third-order valence-electron chi connectivity index (χ3n) is 4.71. The Morgan fingerprint density at radius 1 is 1.21 bits per heavy atom. The van der Waals surface area contributed by atoms with Gasteiger partial charge in [0, 0.05) is 20.2 Å². The monoisotopic (exact) mass is 345 g/mol. The van der Waals surface area contributed by atoms with Crippen molar-refractivity contribution < 1.29 is 13.9 Å². The van der Waals surface area contributed by atoms with Crippen LogP contribution in [0.2, 0.25) is 0 Å². The topological polar surface area (TPSA) is 42.7 Å². The number of amides is 1. The van der Waals surface area contributed by atoms with E-state index in [1.165, 1.54) is 5.56 Å². The number of benzene rings is 1. The molecule has 0 atom stereocenters. The van der Waals surface area contributed by atoms with Gasteiger partial charge in [0.1, 0.15) is 5.76 Å². The van der Waals surface area contributed by atoms with Crippen molar-refractivity contribution in [2.24, 2.45) is 0 Å². The number of furan rings is 1. The molecule has 4 nitrogen and oxygen atoms in total. The van der Waals surface area contributed by atoms with Crippen molar-refractivity contribution in [3.8, 4) is 0 Å². The lowest BCUT2D eigenvalue weighted by Gasteiger charge is -2.41. The van der Waals surface area contributed by atoms with Gasteiger partial charge in [-0.1, -0.05) is 30.3 Å². The van der Waals surface area contributed by atoms with E-state index < -0.39 is 0 Å². The van der Waals surface area contributed by atoms with Gasteiger partial charge in [-0.25, -0.2) is 0 Å². The molecule has 1 aliphatic heterocycles. The van der Waals surface area contributed by atoms with Crippen LogP contribution < -0.4 is 0 Å². The first kappa shape index (κ1) is 17.1. The molecule has 0 radical (unpaired) electrons. The van der Waals surface area contributed by atoms with Gasteiger partial charge in [0.25, 0.3) is 5.91 Å². The van der Waals surface area contributed by atoms with Gasteiger partial charge in [0.2, 0.25) is 0 Å². The molecule has 0 N–H and O–H groups in total. The summed E-state index contributed by atoms with van der Waals surface area (Å²) in [6.07, 6.45) is 3.60. The van der Waals surface area contributed by atoms with E-state index in [4.69, 9.17) is 9.15 Å². The number of likely N-dealkylation sites (tertiary alicyclic amines) is 1. The first-order chi connectivity index (χ1) is 11.7. The molecule has 5 heteroatoms. The molecule has 2 heterocycles. The Morgan fingerprint density at radius 3 is 2.54 bits per heavy atom. The number of rotatable bonds is 5. The van der Waals surface area contributed by atoms with Crippen molar-refractivity contribution >= 4 is 17.7 Å². The van der Waals surface area contributed by atoms with Gasteiger partial charge in [-0.15, -0.1) is 0 Å². The fraction of sp³-hybridized carbons (Fsp3) is 0.421. The zero-order chi connectivity index (χ0) is 17.0. The summed E-state index contributed by atoms with van der Waals surface area (Å²) in [7, 11) is 1.76. The van der Waals surface area contributed by atoms with Gasteiger partial charge in [0.15, 0.2) is 5.76 Å². The molecule has 1 amide bonds. The fourth-order valence-electron chi connectivity index (χ4n) is 3.29. The van der Waals surface area contributed by atoms with E-state index >= 15 is 0 Å². The van der Waals surface area contributed by atoms with Crippen LogP contribution in [0.15, 0.2) is 46.9 Å². The van der Waals surface area contributed by atoms with Crippen LogP contribution in [0.3, 0.4) is 0 Å². The minimum Gasteiger partial charge on any atom is -0.455 e. The van der Waals surface area contributed by atoms with Crippen molar-refractivity contribution in [1.29, 1.82) is 0 Å². The number of hydrogen-bond acceptors (Lipinski definition) is 4. The van der Waals surface area contributed by atoms with Crippen LogP contribution in [-0.2, 0) is 16.1 Å². The van der Waals surface area contributed by atoms with Crippen LogP contribution in [0.25, 0.3) is 0 Å². The van der Waals surface area contributed by atoms with Crippen molar-refractivity contribution in [3.05, 3.63) is 59.5 Å². The number of thioether (sulfide) groups is 1. The van der Waals surface area contributed by atoms with Crippen LogP contribution in [-0.4, -0.2) is 37.3 Å². The minimum absolute atomic E-state index is 0.0277. The maximum atomic E-state index is 12.6. The number of methoxy groups -OCH3 is 1. The Kier molecular flexibility index (Phi) is 5.31. The number of ether oxygens (including phenoxy) is 1. The minimum atomic E-state index is -0.300. The lowest BCUT2D eigenvalue weighted by molar-refractivity contribution is -0.0578. The molecule has 1 aromatic heterocycles. The van der Waals surface area contributed by atoms with E-state index in [2.05, 4.69) is 12.1 Å². The molecule has 1 fully saturated rings. The van der Waals surface area contributed by atoms with E-state index in [0.29, 0.717) is 18.8 Å². The van der Waals surface area contributed by atoms with E-state index in [-0.39, 0.29) is 11.5 Å². The van der Waals surface area contributed by atoms with Crippen LogP contribution in [0, 0.1) is 0 Å². The van der Waals surface area contributed by atoms with Gasteiger partial charge in [0.05, 0.1) is 11.4 Å². The van der Waals surface area contributed by atoms with Gasteiger partial charge < -0.3 is 14.1 Å². The molecule has 0 bridgehead atoms. The summed E-state index contributed by atoms with van der Waals surface area (Å²) < 4.78 is 11.5. The van der Waals surface area contributed by atoms with Crippen molar-refractivity contribution in [3.63, 3.8) is 0 Å². The number of hydrogen-bond donors (Lipinski definition) is 0. The lowest BCUT2D eigenvalue weighted by Crippen LogP contribution is -2.46. The Labute approximate surface area is 147 Å². The summed E-state index contributed by atoms with van der Waals surface area (Å²) in [5, 5.41) is 0. The average molecular weight is 345 g/mol. The molecular weight excluding hydrogens is 322 g/mol. The van der Waals surface area contributed by atoms with E-state index in [0.717, 1.165) is 24.4 Å². The summed E-state index contributed by atoms with van der Waals surface area (Å²) in [6, 6.07) is 13.9. The second-order valence-corrected chi connectivity index (χ2v) is 6.92. The summed E-state index contributed by atoms with van der Waals surface area (Å²) in [5.41, 5.74) is 0.880. The number of carbonyl (C=O) groups excluding carboxylic acids is 1. The zero-order valence-corrected chi connectivity index (χ0v) is 15.0. The van der Waals surface area contributed by atoms with Crippen LogP contribution in [0.4, 0.5) is 0 Å². The van der Waals surface area contributed by atoms with Gasteiger partial charge in [-0.2, -0.15) is 11.8 Å². The molecule has 0 saturated carbocycles. The highest BCUT2D eigenvalue weighted by atomic mass is 32.2. The molecule has 0 unspecified atom stereocenters.